The van der Waals surface area contributed by atoms with Gasteiger partial charge in [0, 0.05) is 0 Å². The van der Waals surface area contributed by atoms with Crippen molar-refractivity contribution in [1.82, 2.24) is 0 Å². The van der Waals surface area contributed by atoms with E-state index in [0.717, 1.165) is 61.7 Å². The van der Waals surface area contributed by atoms with E-state index in [9.17, 15) is 10.2 Å². The summed E-state index contributed by atoms with van der Waals surface area (Å²) < 4.78 is 0. The first-order valence-corrected chi connectivity index (χ1v) is 13.7. The fourth-order valence-corrected chi connectivity index (χ4v) is 9.06. The molecule has 0 aromatic rings. The molecular weight excluding hydrogens is 368 g/mol. The van der Waals surface area contributed by atoms with Crippen LogP contribution in [0.5, 0.6) is 0 Å². The Morgan fingerprint density at radius 2 is 1.47 bits per heavy atom. The van der Waals surface area contributed by atoms with Gasteiger partial charge in [0.15, 0.2) is 0 Å². The number of rotatable bonds is 5. The van der Waals surface area contributed by atoms with Crippen LogP contribution >= 0.6 is 0 Å². The number of unbranched alkanes of at least 4 members (excludes halogenated alkanes) is 1. The van der Waals surface area contributed by atoms with Crippen molar-refractivity contribution in [3.05, 3.63) is 0 Å². The molecule has 0 radical (unpaired) electrons. The Morgan fingerprint density at radius 1 is 0.767 bits per heavy atom. The van der Waals surface area contributed by atoms with E-state index < -0.39 is 0 Å². The Hall–Kier alpha value is -0.0800. The molecule has 30 heavy (non-hydrogen) atoms. The molecule has 0 amide bonds. The lowest BCUT2D eigenvalue weighted by Gasteiger charge is -2.61. The Bertz CT molecular complexity index is 583. The van der Waals surface area contributed by atoms with E-state index in [1.807, 2.05) is 13.8 Å². The van der Waals surface area contributed by atoms with Gasteiger partial charge in [0.05, 0.1) is 11.7 Å². The molecule has 2 N–H and O–H groups in total. The molecule has 8 atom stereocenters. The van der Waals surface area contributed by atoms with Gasteiger partial charge in [-0.2, -0.15) is 0 Å². The summed E-state index contributed by atoms with van der Waals surface area (Å²) in [6, 6.07) is 0. The molecule has 0 aromatic carbocycles. The highest BCUT2D eigenvalue weighted by atomic mass is 16.3. The number of aliphatic hydroxyl groups is 2. The smallest absolute Gasteiger partial charge is 0.0650 e. The van der Waals surface area contributed by atoms with E-state index >= 15 is 0 Å². The number of hydrogen-bond donors (Lipinski definition) is 2. The second-order valence-corrected chi connectivity index (χ2v) is 12.4. The molecule has 0 spiro atoms. The van der Waals surface area contributed by atoms with Gasteiger partial charge >= 0.3 is 0 Å². The van der Waals surface area contributed by atoms with Crippen LogP contribution in [0.1, 0.15) is 124 Å². The van der Waals surface area contributed by atoms with Crippen molar-refractivity contribution in [3.8, 4) is 0 Å². The molecule has 0 heterocycles. The third-order valence-corrected chi connectivity index (χ3v) is 11.1. The molecule has 8 unspecified atom stereocenters. The molecule has 5 fully saturated rings. The summed E-state index contributed by atoms with van der Waals surface area (Å²) in [7, 11) is 0. The van der Waals surface area contributed by atoms with E-state index in [1.54, 1.807) is 0 Å². The van der Waals surface area contributed by atoms with Gasteiger partial charge in [-0.3, -0.25) is 0 Å². The molecule has 174 valence electrons. The monoisotopic (exact) mass is 418 g/mol. The largest absolute Gasteiger partial charge is 0.393 e. The van der Waals surface area contributed by atoms with E-state index in [-0.39, 0.29) is 11.7 Å². The predicted octanol–water partition coefficient (Wildman–Crippen LogP) is 7.12. The quantitative estimate of drug-likeness (QED) is 0.467. The second-order valence-electron chi connectivity index (χ2n) is 12.4. The van der Waals surface area contributed by atoms with E-state index in [2.05, 4.69) is 13.8 Å². The Labute approximate surface area is 186 Å². The fourth-order valence-electron chi connectivity index (χ4n) is 9.06. The number of aliphatic hydroxyl groups excluding tert-OH is 1. The van der Waals surface area contributed by atoms with Gasteiger partial charge in [-0.1, -0.05) is 40.5 Å². The molecule has 0 aromatic heterocycles. The molecule has 2 heteroatoms. The number of fused-ring (bicyclic) bond motifs is 5. The standard InChI is InChI=1S/C26H44O2.C2H6/c1-24-14-11-23-21(8-6-19-17-20(27)10-13-25(19,23)2)22(24)9-7-18(24)5-3-4-12-26(28)15-16-26;1-2/h18-23,27-28H,3-17H2,1-2H3;1-2H3. The first-order chi connectivity index (χ1) is 14.3. The first kappa shape index (κ1) is 23.1. The summed E-state index contributed by atoms with van der Waals surface area (Å²) in [4.78, 5) is 0. The normalized spacial score (nSPS) is 48.6. The summed E-state index contributed by atoms with van der Waals surface area (Å²) in [6.45, 7) is 9.27. The third-order valence-electron chi connectivity index (χ3n) is 11.1. The minimum absolute atomic E-state index is 0.0203. The second kappa shape index (κ2) is 8.69. The summed E-state index contributed by atoms with van der Waals surface area (Å²) in [5.41, 5.74) is 0.859. The SMILES string of the molecule is CC.CC12CCC3C(CCC4CC(O)CCC43C)C1CCC2CCCCC1(O)CC1. The number of hydrogen-bond acceptors (Lipinski definition) is 2. The van der Waals surface area contributed by atoms with E-state index in [4.69, 9.17) is 0 Å². The first-order valence-electron chi connectivity index (χ1n) is 13.7. The molecule has 5 saturated carbocycles. The summed E-state index contributed by atoms with van der Waals surface area (Å²) in [6.07, 6.45) is 19.2. The maximum atomic E-state index is 10.2. The zero-order chi connectivity index (χ0) is 21.6. The van der Waals surface area contributed by atoms with Crippen molar-refractivity contribution in [1.29, 1.82) is 0 Å². The van der Waals surface area contributed by atoms with Crippen molar-refractivity contribution in [3.63, 3.8) is 0 Å². The van der Waals surface area contributed by atoms with Gasteiger partial charge in [0.2, 0.25) is 0 Å². The van der Waals surface area contributed by atoms with Gasteiger partial charge in [-0.05, 0) is 124 Å². The molecule has 5 aliphatic carbocycles. The minimum Gasteiger partial charge on any atom is -0.393 e. The topological polar surface area (TPSA) is 40.5 Å². The zero-order valence-electron chi connectivity index (χ0n) is 20.5. The highest BCUT2D eigenvalue weighted by Gasteiger charge is 2.59. The van der Waals surface area contributed by atoms with Gasteiger partial charge in [-0.15, -0.1) is 0 Å². The zero-order valence-corrected chi connectivity index (χ0v) is 20.5. The van der Waals surface area contributed by atoms with Gasteiger partial charge in [0.1, 0.15) is 0 Å². The molecule has 0 bridgehead atoms. The van der Waals surface area contributed by atoms with Crippen LogP contribution in [0.15, 0.2) is 0 Å². The maximum Gasteiger partial charge on any atom is 0.0650 e. The highest BCUT2D eigenvalue weighted by Crippen LogP contribution is 2.67. The van der Waals surface area contributed by atoms with Crippen LogP contribution in [-0.4, -0.2) is 21.9 Å². The van der Waals surface area contributed by atoms with Crippen LogP contribution in [-0.2, 0) is 0 Å². The van der Waals surface area contributed by atoms with Gasteiger partial charge in [0.25, 0.3) is 0 Å². The molecule has 5 aliphatic rings. The van der Waals surface area contributed by atoms with Crippen LogP contribution < -0.4 is 0 Å². The lowest BCUT2D eigenvalue weighted by atomic mass is 9.44. The van der Waals surface area contributed by atoms with Crippen molar-refractivity contribution >= 4 is 0 Å². The van der Waals surface area contributed by atoms with Crippen LogP contribution in [0.3, 0.4) is 0 Å². The lowest BCUT2D eigenvalue weighted by molar-refractivity contribution is -0.127. The summed E-state index contributed by atoms with van der Waals surface area (Å²) >= 11 is 0. The van der Waals surface area contributed by atoms with Crippen LogP contribution in [0.25, 0.3) is 0 Å². The summed E-state index contributed by atoms with van der Waals surface area (Å²) in [5.74, 6) is 4.58. The minimum atomic E-state index is -0.248. The molecular formula is C28H50O2. The molecule has 0 saturated heterocycles. The van der Waals surface area contributed by atoms with Crippen LogP contribution in [0, 0.1) is 40.4 Å². The summed E-state index contributed by atoms with van der Waals surface area (Å²) in [5, 5.41) is 20.3. The molecule has 0 aliphatic heterocycles. The van der Waals surface area contributed by atoms with Gasteiger partial charge in [-0.25, -0.2) is 0 Å². The molecule has 5 rings (SSSR count). The predicted molar refractivity (Wildman–Crippen MR) is 125 cm³/mol. The average molecular weight is 419 g/mol. The highest BCUT2D eigenvalue weighted by molar-refractivity contribution is 5.09. The van der Waals surface area contributed by atoms with Gasteiger partial charge < -0.3 is 10.2 Å². The van der Waals surface area contributed by atoms with Crippen molar-refractivity contribution in [2.24, 2.45) is 40.4 Å². The third kappa shape index (κ3) is 4.02. The van der Waals surface area contributed by atoms with E-state index in [1.165, 1.54) is 64.2 Å². The van der Waals surface area contributed by atoms with Crippen molar-refractivity contribution in [2.45, 2.75) is 136 Å². The Kier molecular flexibility index (Phi) is 6.69. The van der Waals surface area contributed by atoms with Crippen molar-refractivity contribution < 1.29 is 10.2 Å². The average Bonchev–Trinajstić information content (AvgIpc) is 3.37. The van der Waals surface area contributed by atoms with E-state index in [0.29, 0.717) is 10.8 Å². The Morgan fingerprint density at radius 3 is 2.20 bits per heavy atom. The van der Waals surface area contributed by atoms with Crippen LogP contribution in [0.4, 0.5) is 0 Å². The van der Waals surface area contributed by atoms with Crippen LogP contribution in [0.2, 0.25) is 0 Å². The Balaban J connectivity index is 0.00000106. The maximum absolute atomic E-state index is 10.2. The fraction of sp³-hybridized carbons (Fsp3) is 1.00. The molecule has 2 nitrogen and oxygen atoms in total. The lowest BCUT2D eigenvalue weighted by Crippen LogP contribution is -2.53. The van der Waals surface area contributed by atoms with Crippen molar-refractivity contribution in [2.75, 3.05) is 0 Å².